The quantitative estimate of drug-likeness (QED) is 0.897. The van der Waals surface area contributed by atoms with Crippen LogP contribution in [0.4, 0.5) is 0 Å². The molecule has 0 saturated carbocycles. The number of hydrogen-bond acceptors (Lipinski definition) is 4. The second-order valence-corrected chi connectivity index (χ2v) is 5.12. The molecule has 1 aliphatic rings. The molecule has 5 nitrogen and oxygen atoms in total. The van der Waals surface area contributed by atoms with Crippen LogP contribution in [0.3, 0.4) is 0 Å². The summed E-state index contributed by atoms with van der Waals surface area (Å²) in [5.74, 6) is 0.473. The maximum Gasteiger partial charge on any atom is 0.240 e. The number of amides is 1. The second kappa shape index (κ2) is 4.50. The fraction of sp³-hybridized carbons (Fsp3) is 0.357. The first-order valence-electron chi connectivity index (χ1n) is 6.35. The van der Waals surface area contributed by atoms with Crippen LogP contribution >= 0.6 is 0 Å². The molecule has 1 aliphatic heterocycles. The smallest absolute Gasteiger partial charge is 0.240 e. The van der Waals surface area contributed by atoms with Crippen molar-refractivity contribution in [3.63, 3.8) is 0 Å². The highest BCUT2D eigenvalue weighted by molar-refractivity contribution is 6.07. The van der Waals surface area contributed by atoms with Gasteiger partial charge in [-0.15, -0.1) is 0 Å². The zero-order valence-corrected chi connectivity index (χ0v) is 10.9. The average Bonchev–Trinajstić information content (AvgIpc) is 2.85. The summed E-state index contributed by atoms with van der Waals surface area (Å²) in [7, 11) is 0. The van der Waals surface area contributed by atoms with Crippen molar-refractivity contribution in [3.8, 4) is 0 Å². The number of aromatic nitrogens is 1. The van der Waals surface area contributed by atoms with Gasteiger partial charge in [0, 0.05) is 17.9 Å². The zero-order chi connectivity index (χ0) is 13.4. The molecule has 3 rings (SSSR count). The van der Waals surface area contributed by atoms with Crippen LogP contribution in [-0.4, -0.2) is 16.6 Å². The van der Waals surface area contributed by atoms with Crippen LogP contribution in [0.2, 0.25) is 0 Å². The van der Waals surface area contributed by atoms with E-state index in [2.05, 4.69) is 29.4 Å². The van der Waals surface area contributed by atoms with Gasteiger partial charge in [-0.3, -0.25) is 4.79 Å². The van der Waals surface area contributed by atoms with E-state index in [1.165, 1.54) is 6.39 Å². The molecular weight excluding hydrogens is 242 g/mol. The third kappa shape index (κ3) is 2.12. The molecule has 1 atom stereocenters. The number of nitrogens with one attached hydrogen (secondary N) is 1. The molecule has 1 aromatic carbocycles. The van der Waals surface area contributed by atoms with Gasteiger partial charge in [0.2, 0.25) is 5.91 Å². The van der Waals surface area contributed by atoms with Crippen LogP contribution in [0.1, 0.15) is 25.8 Å². The molecule has 0 aliphatic carbocycles. The van der Waals surface area contributed by atoms with Gasteiger partial charge < -0.3 is 4.42 Å². The van der Waals surface area contributed by atoms with Crippen LogP contribution in [0.25, 0.3) is 11.1 Å². The molecule has 0 saturated heterocycles. The van der Waals surface area contributed by atoms with Gasteiger partial charge in [0.1, 0.15) is 5.52 Å². The molecule has 5 heteroatoms. The van der Waals surface area contributed by atoms with Gasteiger partial charge in [0.05, 0.1) is 5.71 Å². The number of oxazole rings is 1. The molecule has 1 aromatic heterocycles. The number of fused-ring (bicyclic) bond motifs is 1. The Hall–Kier alpha value is -2.17. The first-order valence-corrected chi connectivity index (χ1v) is 6.35. The summed E-state index contributed by atoms with van der Waals surface area (Å²) in [6, 6.07) is 5.79. The van der Waals surface area contributed by atoms with Gasteiger partial charge in [-0.25, -0.2) is 10.4 Å². The van der Waals surface area contributed by atoms with Gasteiger partial charge in [0.15, 0.2) is 12.0 Å². The number of benzene rings is 1. The standard InChI is InChI=1S/C14H15N3O2/c1-8(2)10-6-13(18)16-17-14(10)9-3-4-12-11(5-9)15-7-19-12/h3-5,7-8,10H,6H2,1-2H3,(H,16,18). The summed E-state index contributed by atoms with van der Waals surface area (Å²) in [6.07, 6.45) is 1.91. The van der Waals surface area contributed by atoms with Crippen molar-refractivity contribution in [3.05, 3.63) is 30.2 Å². The Kier molecular flexibility index (Phi) is 2.81. The Morgan fingerprint density at radius 1 is 1.42 bits per heavy atom. The number of carbonyl (C=O) groups is 1. The van der Waals surface area contributed by atoms with E-state index in [0.717, 1.165) is 22.4 Å². The van der Waals surface area contributed by atoms with E-state index in [9.17, 15) is 4.79 Å². The van der Waals surface area contributed by atoms with Gasteiger partial charge >= 0.3 is 0 Å². The topological polar surface area (TPSA) is 67.5 Å². The molecule has 2 aromatic rings. The third-order valence-electron chi connectivity index (χ3n) is 3.49. The fourth-order valence-corrected chi connectivity index (χ4v) is 2.39. The lowest BCUT2D eigenvalue weighted by molar-refractivity contribution is -0.122. The second-order valence-electron chi connectivity index (χ2n) is 5.12. The van der Waals surface area contributed by atoms with Crippen molar-refractivity contribution < 1.29 is 9.21 Å². The molecule has 0 spiro atoms. The normalized spacial score (nSPS) is 19.6. The Morgan fingerprint density at radius 2 is 2.26 bits per heavy atom. The monoisotopic (exact) mass is 257 g/mol. The first-order chi connectivity index (χ1) is 9.15. The number of nitrogens with zero attached hydrogens (tertiary/aromatic N) is 2. The van der Waals surface area contributed by atoms with Crippen molar-refractivity contribution in [2.75, 3.05) is 0 Å². The maximum absolute atomic E-state index is 11.5. The van der Waals surface area contributed by atoms with Crippen molar-refractivity contribution >= 4 is 22.7 Å². The minimum absolute atomic E-state index is 0.0232. The van der Waals surface area contributed by atoms with Gasteiger partial charge in [-0.2, -0.15) is 5.10 Å². The lowest BCUT2D eigenvalue weighted by Gasteiger charge is -2.25. The highest BCUT2D eigenvalue weighted by Gasteiger charge is 2.28. The number of carbonyl (C=O) groups excluding carboxylic acids is 1. The highest BCUT2D eigenvalue weighted by atomic mass is 16.3. The van der Waals surface area contributed by atoms with Crippen LogP contribution in [0.15, 0.2) is 34.1 Å². The summed E-state index contributed by atoms with van der Waals surface area (Å²) in [4.78, 5) is 15.6. The van der Waals surface area contributed by atoms with Gasteiger partial charge in [-0.05, 0) is 24.1 Å². The predicted octanol–water partition coefficient (Wildman–Crippen LogP) is 2.32. The highest BCUT2D eigenvalue weighted by Crippen LogP contribution is 2.25. The zero-order valence-electron chi connectivity index (χ0n) is 10.9. The van der Waals surface area contributed by atoms with E-state index < -0.39 is 0 Å². The molecule has 1 N–H and O–H groups in total. The molecule has 2 heterocycles. The Labute approximate surface area is 110 Å². The Bertz CT molecular complexity index is 658. The summed E-state index contributed by atoms with van der Waals surface area (Å²) < 4.78 is 5.23. The van der Waals surface area contributed by atoms with E-state index in [1.54, 1.807) is 0 Å². The van der Waals surface area contributed by atoms with E-state index >= 15 is 0 Å². The summed E-state index contributed by atoms with van der Waals surface area (Å²) in [5, 5.41) is 4.23. The van der Waals surface area contributed by atoms with E-state index in [1.807, 2.05) is 18.2 Å². The maximum atomic E-state index is 11.5. The average molecular weight is 257 g/mol. The van der Waals surface area contributed by atoms with Crippen LogP contribution in [0.5, 0.6) is 0 Å². The summed E-state index contributed by atoms with van der Waals surface area (Å²) >= 11 is 0. The van der Waals surface area contributed by atoms with Crippen LogP contribution in [0, 0.1) is 11.8 Å². The summed E-state index contributed by atoms with van der Waals surface area (Å²) in [5.41, 5.74) is 6.03. The van der Waals surface area contributed by atoms with Crippen molar-refractivity contribution in [2.45, 2.75) is 20.3 Å². The number of hydrogen-bond donors (Lipinski definition) is 1. The molecular formula is C14H15N3O2. The van der Waals surface area contributed by atoms with E-state index in [-0.39, 0.29) is 11.8 Å². The van der Waals surface area contributed by atoms with E-state index in [4.69, 9.17) is 4.42 Å². The lowest BCUT2D eigenvalue weighted by atomic mass is 9.84. The van der Waals surface area contributed by atoms with Crippen molar-refractivity contribution in [1.82, 2.24) is 10.4 Å². The van der Waals surface area contributed by atoms with Crippen LogP contribution in [-0.2, 0) is 4.79 Å². The Balaban J connectivity index is 2.05. The predicted molar refractivity (Wildman–Crippen MR) is 71.6 cm³/mol. The van der Waals surface area contributed by atoms with Crippen LogP contribution < -0.4 is 5.43 Å². The molecule has 0 radical (unpaired) electrons. The van der Waals surface area contributed by atoms with Crippen molar-refractivity contribution in [2.24, 2.45) is 16.9 Å². The SMILES string of the molecule is CC(C)C1CC(=O)NN=C1c1ccc2ocnc2c1. The fourth-order valence-electron chi connectivity index (χ4n) is 2.39. The van der Waals surface area contributed by atoms with Crippen molar-refractivity contribution in [1.29, 1.82) is 0 Å². The first kappa shape index (κ1) is 11.9. The number of hydrazone groups is 1. The number of rotatable bonds is 2. The molecule has 19 heavy (non-hydrogen) atoms. The molecule has 98 valence electrons. The molecule has 1 amide bonds. The van der Waals surface area contributed by atoms with E-state index in [0.29, 0.717) is 12.3 Å². The third-order valence-corrected chi connectivity index (χ3v) is 3.49. The molecule has 0 fully saturated rings. The Morgan fingerprint density at radius 3 is 3.05 bits per heavy atom. The lowest BCUT2D eigenvalue weighted by Crippen LogP contribution is -2.35. The molecule has 1 unspecified atom stereocenters. The largest absolute Gasteiger partial charge is 0.443 e. The van der Waals surface area contributed by atoms with Gasteiger partial charge in [0.25, 0.3) is 0 Å². The van der Waals surface area contributed by atoms with Gasteiger partial charge in [-0.1, -0.05) is 13.8 Å². The minimum Gasteiger partial charge on any atom is -0.443 e. The minimum atomic E-state index is -0.0232. The summed E-state index contributed by atoms with van der Waals surface area (Å²) in [6.45, 7) is 4.21. The molecule has 0 bridgehead atoms.